The number of nitrogens with zero attached hydrogens (tertiary/aromatic N) is 1. The summed E-state index contributed by atoms with van der Waals surface area (Å²) in [7, 11) is 0. The zero-order chi connectivity index (χ0) is 16.4. The van der Waals surface area contributed by atoms with Crippen LogP contribution in [-0.2, 0) is 0 Å². The number of benzene rings is 2. The van der Waals surface area contributed by atoms with Crippen molar-refractivity contribution >= 4 is 11.6 Å². The first-order valence-corrected chi connectivity index (χ1v) is 7.99. The summed E-state index contributed by atoms with van der Waals surface area (Å²) in [4.78, 5) is 13.2. The Balaban J connectivity index is 2.05. The van der Waals surface area contributed by atoms with E-state index in [4.69, 9.17) is 9.47 Å². The van der Waals surface area contributed by atoms with Crippen molar-refractivity contribution in [3.63, 3.8) is 0 Å². The van der Waals surface area contributed by atoms with Crippen molar-refractivity contribution in [2.75, 3.05) is 19.9 Å². The highest BCUT2D eigenvalue weighted by molar-refractivity contribution is 6.02. The molecule has 0 N–H and O–H groups in total. The smallest absolute Gasteiger partial charge is 0.350 e. The molecule has 0 radical (unpaired) electrons. The maximum absolute atomic E-state index is 13.2. The van der Waals surface area contributed by atoms with Crippen LogP contribution in [0.2, 0.25) is 0 Å². The van der Waals surface area contributed by atoms with E-state index in [1.165, 1.54) is 0 Å². The lowest BCUT2D eigenvalue weighted by atomic mass is 10.1. The van der Waals surface area contributed by atoms with Gasteiger partial charge in [0.2, 0.25) is 6.79 Å². The summed E-state index contributed by atoms with van der Waals surface area (Å²) < 4.78 is 11.1. The standard InChI is InChI=1S/C19H22NO3/c1-4-20(5-2,19(21)15-8-6-14(3)7-9-15)16-10-11-17-18(12-16)23-13-22-17/h6-12H,4-5,13H2,1-3H3/q+1. The van der Waals surface area contributed by atoms with Crippen molar-refractivity contribution in [3.05, 3.63) is 53.6 Å². The van der Waals surface area contributed by atoms with E-state index in [0.29, 0.717) is 18.8 Å². The van der Waals surface area contributed by atoms with E-state index in [9.17, 15) is 4.79 Å². The minimum Gasteiger partial charge on any atom is -0.454 e. The fourth-order valence-corrected chi connectivity index (χ4v) is 3.09. The predicted molar refractivity (Wildman–Crippen MR) is 91.0 cm³/mol. The van der Waals surface area contributed by atoms with E-state index < -0.39 is 0 Å². The van der Waals surface area contributed by atoms with Crippen LogP contribution in [0, 0.1) is 6.92 Å². The van der Waals surface area contributed by atoms with Gasteiger partial charge >= 0.3 is 5.91 Å². The van der Waals surface area contributed by atoms with Gasteiger partial charge in [-0.1, -0.05) is 17.7 Å². The molecule has 0 saturated heterocycles. The molecule has 0 spiro atoms. The van der Waals surface area contributed by atoms with E-state index in [1.807, 2.05) is 63.2 Å². The lowest BCUT2D eigenvalue weighted by molar-refractivity contribution is 0.0778. The Hall–Kier alpha value is -2.33. The van der Waals surface area contributed by atoms with Gasteiger partial charge in [-0.15, -0.1) is 0 Å². The highest BCUT2D eigenvalue weighted by Crippen LogP contribution is 2.38. The molecule has 2 aromatic rings. The second-order valence-electron chi connectivity index (χ2n) is 5.81. The van der Waals surface area contributed by atoms with Crippen LogP contribution in [0.15, 0.2) is 42.5 Å². The number of hydrogen-bond donors (Lipinski definition) is 0. The van der Waals surface area contributed by atoms with Gasteiger partial charge in [0, 0.05) is 12.1 Å². The molecular weight excluding hydrogens is 290 g/mol. The van der Waals surface area contributed by atoms with Gasteiger partial charge in [-0.25, -0.2) is 9.28 Å². The highest BCUT2D eigenvalue weighted by atomic mass is 16.7. The predicted octanol–water partition coefficient (Wildman–Crippen LogP) is 3.91. The number of amides is 1. The normalized spacial score (nSPS) is 13.2. The number of aryl methyl sites for hydroxylation is 1. The Morgan fingerprint density at radius 3 is 2.30 bits per heavy atom. The van der Waals surface area contributed by atoms with Crippen molar-refractivity contribution < 1.29 is 14.3 Å². The van der Waals surface area contributed by atoms with E-state index in [1.54, 1.807) is 0 Å². The Morgan fingerprint density at radius 2 is 1.65 bits per heavy atom. The van der Waals surface area contributed by atoms with Gasteiger partial charge in [-0.05, 0) is 39.0 Å². The van der Waals surface area contributed by atoms with Crippen molar-refractivity contribution in [3.8, 4) is 11.5 Å². The number of carbonyl (C=O) groups is 1. The van der Waals surface area contributed by atoms with Crippen molar-refractivity contribution in [2.45, 2.75) is 20.8 Å². The Labute approximate surface area is 136 Å². The third kappa shape index (κ3) is 2.59. The van der Waals surface area contributed by atoms with Gasteiger partial charge in [0.15, 0.2) is 11.5 Å². The zero-order valence-electron chi connectivity index (χ0n) is 13.8. The molecule has 0 atom stereocenters. The maximum Gasteiger partial charge on any atom is 0.350 e. The number of rotatable bonds is 4. The molecule has 1 amide bonds. The molecule has 4 heteroatoms. The van der Waals surface area contributed by atoms with Crippen molar-refractivity contribution in [1.29, 1.82) is 0 Å². The topological polar surface area (TPSA) is 35.5 Å². The maximum atomic E-state index is 13.2. The first kappa shape index (κ1) is 15.6. The molecule has 1 aliphatic heterocycles. The first-order chi connectivity index (χ1) is 11.1. The molecule has 3 rings (SSSR count). The lowest BCUT2D eigenvalue weighted by Crippen LogP contribution is -2.54. The summed E-state index contributed by atoms with van der Waals surface area (Å²) in [6.07, 6.45) is 0. The highest BCUT2D eigenvalue weighted by Gasteiger charge is 2.38. The van der Waals surface area contributed by atoms with Crippen molar-refractivity contribution in [2.24, 2.45) is 0 Å². The van der Waals surface area contributed by atoms with Crippen LogP contribution >= 0.6 is 0 Å². The van der Waals surface area contributed by atoms with Crippen molar-refractivity contribution in [1.82, 2.24) is 4.48 Å². The molecule has 120 valence electrons. The third-order valence-electron chi connectivity index (χ3n) is 4.62. The molecule has 0 aliphatic carbocycles. The summed E-state index contributed by atoms with van der Waals surface area (Å²) in [5.41, 5.74) is 2.82. The fraction of sp³-hybridized carbons (Fsp3) is 0.316. The number of hydrogen-bond acceptors (Lipinski definition) is 3. The molecule has 23 heavy (non-hydrogen) atoms. The van der Waals surface area contributed by atoms with Gasteiger partial charge in [0.05, 0.1) is 18.7 Å². The van der Waals surface area contributed by atoms with Gasteiger partial charge in [0.1, 0.15) is 5.69 Å². The van der Waals surface area contributed by atoms with Gasteiger partial charge < -0.3 is 9.47 Å². The molecule has 1 aliphatic rings. The second-order valence-corrected chi connectivity index (χ2v) is 5.81. The van der Waals surface area contributed by atoms with Gasteiger partial charge in [0.25, 0.3) is 0 Å². The monoisotopic (exact) mass is 312 g/mol. The molecule has 4 nitrogen and oxygen atoms in total. The average molecular weight is 312 g/mol. The summed E-state index contributed by atoms with van der Waals surface area (Å²) in [5, 5.41) is 0. The number of ether oxygens (including phenoxy) is 2. The third-order valence-corrected chi connectivity index (χ3v) is 4.62. The van der Waals surface area contributed by atoms with Crippen LogP contribution in [-0.4, -0.2) is 25.8 Å². The molecule has 2 aromatic carbocycles. The van der Waals surface area contributed by atoms with Gasteiger partial charge in [-0.2, -0.15) is 0 Å². The van der Waals surface area contributed by atoms with E-state index in [0.717, 1.165) is 22.6 Å². The summed E-state index contributed by atoms with van der Waals surface area (Å²) >= 11 is 0. The van der Waals surface area contributed by atoms with Crippen LogP contribution in [0.3, 0.4) is 0 Å². The largest absolute Gasteiger partial charge is 0.454 e. The van der Waals surface area contributed by atoms with E-state index >= 15 is 0 Å². The number of carbonyl (C=O) groups excluding carboxylic acids is 1. The van der Waals surface area contributed by atoms with Gasteiger partial charge in [-0.3, -0.25) is 0 Å². The molecule has 0 saturated carbocycles. The van der Waals surface area contributed by atoms with E-state index in [-0.39, 0.29) is 17.2 Å². The average Bonchev–Trinajstić information content (AvgIpc) is 3.05. The molecule has 1 heterocycles. The first-order valence-electron chi connectivity index (χ1n) is 7.99. The van der Waals surface area contributed by atoms with Crippen LogP contribution in [0.4, 0.5) is 5.69 Å². The van der Waals surface area contributed by atoms with Crippen LogP contribution in [0.1, 0.15) is 29.8 Å². The summed E-state index contributed by atoms with van der Waals surface area (Å²) in [6.45, 7) is 7.71. The summed E-state index contributed by atoms with van der Waals surface area (Å²) in [5.74, 6) is 1.55. The fourth-order valence-electron chi connectivity index (χ4n) is 3.09. The number of fused-ring (bicyclic) bond motifs is 1. The van der Waals surface area contributed by atoms with Crippen LogP contribution in [0.25, 0.3) is 0 Å². The Bertz CT molecular complexity index is 718. The van der Waals surface area contributed by atoms with Crippen LogP contribution in [0.5, 0.6) is 11.5 Å². The SMILES string of the molecule is CC[N+](CC)(C(=O)c1ccc(C)cc1)c1ccc2c(c1)OCO2. The minimum absolute atomic E-state index is 0.105. The molecule has 0 fully saturated rings. The molecule has 0 aromatic heterocycles. The van der Waals surface area contributed by atoms with Crippen LogP contribution < -0.4 is 14.0 Å². The summed E-state index contributed by atoms with van der Waals surface area (Å²) in [6, 6.07) is 13.6. The Kier molecular flexibility index (Phi) is 4.09. The molecular formula is C19H22NO3+. The second kappa shape index (κ2) is 6.05. The zero-order valence-corrected chi connectivity index (χ0v) is 13.8. The quantitative estimate of drug-likeness (QED) is 0.803. The Morgan fingerprint density at radius 1 is 1.00 bits per heavy atom. The lowest BCUT2D eigenvalue weighted by Gasteiger charge is -2.33. The number of quaternary nitrogens is 1. The van der Waals surface area contributed by atoms with E-state index in [2.05, 4.69) is 0 Å². The molecule has 0 bridgehead atoms. The minimum atomic E-state index is 0.105. The molecule has 0 unspecified atom stereocenters.